The van der Waals surface area contributed by atoms with E-state index in [9.17, 15) is 9.18 Å². The summed E-state index contributed by atoms with van der Waals surface area (Å²) in [5.74, 6) is -0.109. The molecule has 0 aliphatic carbocycles. The number of hydrogen-bond donors (Lipinski definition) is 1. The van der Waals surface area contributed by atoms with Crippen molar-refractivity contribution < 1.29 is 18.7 Å². The maximum Gasteiger partial charge on any atom is 0.258 e. The topological polar surface area (TPSA) is 73.3 Å². The Hall–Kier alpha value is -2.54. The molecule has 25 heavy (non-hydrogen) atoms. The van der Waals surface area contributed by atoms with Crippen LogP contribution in [0.25, 0.3) is 0 Å². The molecule has 2 heterocycles. The van der Waals surface area contributed by atoms with Gasteiger partial charge in [-0.25, -0.2) is 14.4 Å². The maximum absolute atomic E-state index is 13.4. The second-order valence-electron chi connectivity index (χ2n) is 5.80. The zero-order chi connectivity index (χ0) is 17.5. The Labute approximate surface area is 145 Å². The molecule has 1 amide bonds. The summed E-state index contributed by atoms with van der Waals surface area (Å²) >= 11 is 0. The predicted molar refractivity (Wildman–Crippen MR) is 88.3 cm³/mol. The summed E-state index contributed by atoms with van der Waals surface area (Å²) in [4.78, 5) is 20.4. The third-order valence-corrected chi connectivity index (χ3v) is 3.88. The summed E-state index contributed by atoms with van der Waals surface area (Å²) in [6.07, 6.45) is 6.45. The number of para-hydroxylation sites is 1. The molecule has 2 aromatic rings. The number of amides is 1. The van der Waals surface area contributed by atoms with Crippen LogP contribution in [0.4, 0.5) is 4.39 Å². The molecule has 1 aliphatic heterocycles. The number of halogens is 1. The Bertz CT molecular complexity index is 703. The van der Waals surface area contributed by atoms with Crippen molar-refractivity contribution in [1.82, 2.24) is 15.3 Å². The molecule has 1 aromatic heterocycles. The van der Waals surface area contributed by atoms with E-state index < -0.39 is 5.82 Å². The number of nitrogens with one attached hydrogen (secondary N) is 1. The van der Waals surface area contributed by atoms with E-state index in [0.717, 1.165) is 31.4 Å². The van der Waals surface area contributed by atoms with Gasteiger partial charge in [0.25, 0.3) is 5.91 Å². The molecule has 1 atom stereocenters. The second kappa shape index (κ2) is 8.53. The Kier molecular flexibility index (Phi) is 5.90. The van der Waals surface area contributed by atoms with Gasteiger partial charge in [-0.2, -0.15) is 0 Å². The third kappa shape index (κ3) is 4.96. The van der Waals surface area contributed by atoms with Crippen molar-refractivity contribution in [1.29, 1.82) is 0 Å². The van der Waals surface area contributed by atoms with Crippen LogP contribution in [0.5, 0.6) is 5.75 Å². The minimum absolute atomic E-state index is 0.0356. The highest BCUT2D eigenvalue weighted by molar-refractivity contribution is 5.77. The van der Waals surface area contributed by atoms with Gasteiger partial charge in [-0.1, -0.05) is 12.1 Å². The van der Waals surface area contributed by atoms with Crippen molar-refractivity contribution >= 4 is 5.91 Å². The molecular weight excluding hydrogens is 325 g/mol. The van der Waals surface area contributed by atoms with Gasteiger partial charge in [0.05, 0.1) is 0 Å². The number of benzene rings is 1. The monoisotopic (exact) mass is 345 g/mol. The molecule has 1 unspecified atom stereocenters. The Balaban J connectivity index is 1.44. The van der Waals surface area contributed by atoms with E-state index in [1.807, 2.05) is 0 Å². The number of hydrogen-bond acceptors (Lipinski definition) is 5. The fourth-order valence-electron chi connectivity index (χ4n) is 2.52. The van der Waals surface area contributed by atoms with Gasteiger partial charge in [-0.3, -0.25) is 4.79 Å². The van der Waals surface area contributed by atoms with Crippen LogP contribution in [0.1, 0.15) is 36.8 Å². The van der Waals surface area contributed by atoms with Crippen LogP contribution in [0, 0.1) is 5.82 Å². The Morgan fingerprint density at radius 3 is 2.80 bits per heavy atom. The summed E-state index contributed by atoms with van der Waals surface area (Å²) < 4.78 is 24.2. The number of aromatic nitrogens is 2. The first-order valence-electron chi connectivity index (χ1n) is 8.29. The highest BCUT2D eigenvalue weighted by atomic mass is 19.1. The SMILES string of the molecule is O=C(COc1ccccc1F)NCc1cnc(C2CCCCO2)nc1. The highest BCUT2D eigenvalue weighted by Crippen LogP contribution is 2.24. The molecule has 1 aromatic carbocycles. The zero-order valence-corrected chi connectivity index (χ0v) is 13.8. The van der Waals surface area contributed by atoms with Gasteiger partial charge >= 0.3 is 0 Å². The fourth-order valence-corrected chi connectivity index (χ4v) is 2.52. The number of rotatable bonds is 6. The average molecular weight is 345 g/mol. The minimum atomic E-state index is -0.496. The van der Waals surface area contributed by atoms with E-state index in [0.29, 0.717) is 5.82 Å². The molecule has 3 rings (SSSR count). The summed E-state index contributed by atoms with van der Waals surface area (Å²) in [6.45, 7) is 0.773. The normalized spacial score (nSPS) is 17.1. The van der Waals surface area contributed by atoms with Gasteiger partial charge in [-0.15, -0.1) is 0 Å². The molecule has 1 fully saturated rings. The van der Waals surface area contributed by atoms with Gasteiger partial charge in [0.2, 0.25) is 0 Å². The summed E-state index contributed by atoms with van der Waals surface area (Å²) in [6, 6.07) is 5.96. The molecule has 1 N–H and O–H groups in total. The van der Waals surface area contributed by atoms with Crippen LogP contribution < -0.4 is 10.1 Å². The van der Waals surface area contributed by atoms with Crippen molar-refractivity contribution in [2.45, 2.75) is 31.9 Å². The molecule has 132 valence electrons. The van der Waals surface area contributed by atoms with Crippen LogP contribution >= 0.6 is 0 Å². The summed E-state index contributed by atoms with van der Waals surface area (Å²) in [5, 5.41) is 2.69. The highest BCUT2D eigenvalue weighted by Gasteiger charge is 2.18. The van der Waals surface area contributed by atoms with Gasteiger partial charge in [0, 0.05) is 31.1 Å². The van der Waals surface area contributed by atoms with Crippen molar-refractivity contribution in [3.05, 3.63) is 53.9 Å². The standard InChI is InChI=1S/C18H20FN3O3/c19-14-5-1-2-6-15(14)25-12-17(23)20-9-13-10-21-18(22-11-13)16-7-3-4-8-24-16/h1-2,5-6,10-11,16H,3-4,7-9,12H2,(H,20,23). The van der Waals surface area contributed by atoms with E-state index in [2.05, 4.69) is 15.3 Å². The molecule has 1 saturated heterocycles. The van der Waals surface area contributed by atoms with Gasteiger partial charge < -0.3 is 14.8 Å². The van der Waals surface area contributed by atoms with E-state index in [1.165, 1.54) is 12.1 Å². The first-order chi connectivity index (χ1) is 12.2. The van der Waals surface area contributed by atoms with E-state index >= 15 is 0 Å². The lowest BCUT2D eigenvalue weighted by molar-refractivity contribution is -0.123. The average Bonchev–Trinajstić information content (AvgIpc) is 2.67. The fraction of sp³-hybridized carbons (Fsp3) is 0.389. The van der Waals surface area contributed by atoms with Gasteiger partial charge in [0.1, 0.15) is 6.10 Å². The van der Waals surface area contributed by atoms with E-state index in [4.69, 9.17) is 9.47 Å². The first-order valence-corrected chi connectivity index (χ1v) is 8.29. The number of ether oxygens (including phenoxy) is 2. The lowest BCUT2D eigenvalue weighted by Crippen LogP contribution is -2.28. The molecular formula is C18H20FN3O3. The van der Waals surface area contributed by atoms with Crippen molar-refractivity contribution in [2.24, 2.45) is 0 Å². The smallest absolute Gasteiger partial charge is 0.258 e. The molecule has 0 saturated carbocycles. The van der Waals surface area contributed by atoms with Crippen molar-refractivity contribution in [3.63, 3.8) is 0 Å². The maximum atomic E-state index is 13.4. The zero-order valence-electron chi connectivity index (χ0n) is 13.8. The Morgan fingerprint density at radius 1 is 1.28 bits per heavy atom. The summed E-state index contributed by atoms with van der Waals surface area (Å²) in [5.41, 5.74) is 0.777. The molecule has 7 heteroatoms. The van der Waals surface area contributed by atoms with E-state index in [-0.39, 0.29) is 30.9 Å². The van der Waals surface area contributed by atoms with Gasteiger partial charge in [0.15, 0.2) is 24.0 Å². The number of carbonyl (C=O) groups excluding carboxylic acids is 1. The third-order valence-electron chi connectivity index (χ3n) is 3.88. The van der Waals surface area contributed by atoms with Gasteiger partial charge in [-0.05, 0) is 31.4 Å². The van der Waals surface area contributed by atoms with Crippen LogP contribution in [-0.2, 0) is 16.1 Å². The quantitative estimate of drug-likeness (QED) is 0.871. The van der Waals surface area contributed by atoms with Crippen LogP contribution in [-0.4, -0.2) is 29.1 Å². The molecule has 1 aliphatic rings. The molecule has 6 nitrogen and oxygen atoms in total. The predicted octanol–water partition coefficient (Wildman–Crippen LogP) is 2.55. The van der Waals surface area contributed by atoms with Crippen LogP contribution in [0.15, 0.2) is 36.7 Å². The lowest BCUT2D eigenvalue weighted by atomic mass is 10.1. The molecule has 0 spiro atoms. The van der Waals surface area contributed by atoms with Crippen molar-refractivity contribution in [2.75, 3.05) is 13.2 Å². The molecule has 0 radical (unpaired) electrons. The minimum Gasteiger partial charge on any atom is -0.481 e. The number of nitrogens with zero attached hydrogens (tertiary/aromatic N) is 2. The summed E-state index contributed by atoms with van der Waals surface area (Å²) in [7, 11) is 0. The molecule has 0 bridgehead atoms. The largest absolute Gasteiger partial charge is 0.481 e. The van der Waals surface area contributed by atoms with E-state index in [1.54, 1.807) is 24.5 Å². The van der Waals surface area contributed by atoms with Crippen LogP contribution in [0.3, 0.4) is 0 Å². The lowest BCUT2D eigenvalue weighted by Gasteiger charge is -2.21. The van der Waals surface area contributed by atoms with Crippen LogP contribution in [0.2, 0.25) is 0 Å². The number of carbonyl (C=O) groups is 1. The van der Waals surface area contributed by atoms with Crippen molar-refractivity contribution in [3.8, 4) is 5.75 Å². The first kappa shape index (κ1) is 17.3. The second-order valence-corrected chi connectivity index (χ2v) is 5.80. The Morgan fingerprint density at radius 2 is 2.08 bits per heavy atom.